The topological polar surface area (TPSA) is 42.2 Å². The third-order valence-corrected chi connectivity index (χ3v) is 3.58. The summed E-state index contributed by atoms with van der Waals surface area (Å²) in [5.74, 6) is 0.480. The van der Waals surface area contributed by atoms with E-state index in [4.69, 9.17) is 11.6 Å². The molecule has 1 atom stereocenters. The number of aromatic nitrogens is 3. The lowest BCUT2D eigenvalue weighted by molar-refractivity contribution is 0.522. The van der Waals surface area contributed by atoms with E-state index in [1.54, 1.807) is 12.1 Å². The molecule has 0 aliphatic heterocycles. The Bertz CT molecular complexity index is 771. The van der Waals surface area contributed by atoms with Crippen molar-refractivity contribution in [2.45, 2.75) is 19.5 Å². The second-order valence-electron chi connectivity index (χ2n) is 4.83. The van der Waals surface area contributed by atoms with Crippen molar-refractivity contribution in [3.8, 4) is 0 Å². The summed E-state index contributed by atoms with van der Waals surface area (Å²) in [6.07, 6.45) is 1.91. The number of rotatable bonds is 4. The number of nitrogens with one attached hydrogen (secondary N) is 1. The highest BCUT2D eigenvalue weighted by Gasteiger charge is 2.13. The Hall–Kier alpha value is -1.98. The highest BCUT2D eigenvalue weighted by atomic mass is 35.5. The lowest BCUT2D eigenvalue weighted by Gasteiger charge is -2.12. The van der Waals surface area contributed by atoms with E-state index in [2.05, 4.69) is 15.5 Å². The minimum Gasteiger partial charge on any atom is -0.303 e. The second-order valence-corrected chi connectivity index (χ2v) is 5.26. The normalized spacial score (nSPS) is 12.7. The summed E-state index contributed by atoms with van der Waals surface area (Å²) in [5, 5.41) is 11.9. The Morgan fingerprint density at radius 2 is 2.14 bits per heavy atom. The van der Waals surface area contributed by atoms with Crippen molar-refractivity contribution in [2.75, 3.05) is 0 Å². The number of halogens is 2. The van der Waals surface area contributed by atoms with Crippen molar-refractivity contribution < 1.29 is 4.39 Å². The van der Waals surface area contributed by atoms with Gasteiger partial charge in [0.1, 0.15) is 5.82 Å². The number of hydrogen-bond acceptors (Lipinski definition) is 3. The van der Waals surface area contributed by atoms with Crippen LogP contribution in [0.25, 0.3) is 5.65 Å². The van der Waals surface area contributed by atoms with E-state index in [1.807, 2.05) is 35.7 Å². The molecule has 21 heavy (non-hydrogen) atoms. The largest absolute Gasteiger partial charge is 0.303 e. The van der Waals surface area contributed by atoms with Crippen molar-refractivity contribution >= 4 is 17.2 Å². The van der Waals surface area contributed by atoms with Gasteiger partial charge in [-0.05, 0) is 31.2 Å². The van der Waals surface area contributed by atoms with Gasteiger partial charge in [-0.1, -0.05) is 23.7 Å². The van der Waals surface area contributed by atoms with Crippen LogP contribution in [0.5, 0.6) is 0 Å². The predicted molar refractivity (Wildman–Crippen MR) is 79.7 cm³/mol. The molecule has 0 aliphatic rings. The lowest BCUT2D eigenvalue weighted by atomic mass is 10.2. The Morgan fingerprint density at radius 3 is 2.95 bits per heavy atom. The van der Waals surface area contributed by atoms with Crippen LogP contribution in [0.1, 0.15) is 24.4 Å². The summed E-state index contributed by atoms with van der Waals surface area (Å²) in [7, 11) is 0. The van der Waals surface area contributed by atoms with Crippen molar-refractivity contribution in [1.82, 2.24) is 19.9 Å². The third-order valence-electron chi connectivity index (χ3n) is 3.34. The summed E-state index contributed by atoms with van der Waals surface area (Å²) < 4.78 is 15.7. The Labute approximate surface area is 126 Å². The van der Waals surface area contributed by atoms with Gasteiger partial charge in [-0.3, -0.25) is 4.40 Å². The average Bonchev–Trinajstić information content (AvgIpc) is 2.90. The molecule has 1 N–H and O–H groups in total. The second kappa shape index (κ2) is 5.79. The fraction of sp³-hybridized carbons (Fsp3) is 0.200. The van der Waals surface area contributed by atoms with E-state index in [1.165, 1.54) is 6.07 Å². The fourth-order valence-corrected chi connectivity index (χ4v) is 2.33. The van der Waals surface area contributed by atoms with Crippen LogP contribution in [-0.2, 0) is 6.54 Å². The maximum Gasteiger partial charge on any atom is 0.160 e. The first-order valence-corrected chi connectivity index (χ1v) is 7.00. The van der Waals surface area contributed by atoms with Crippen molar-refractivity contribution in [3.05, 3.63) is 64.8 Å². The van der Waals surface area contributed by atoms with Crippen LogP contribution in [0.3, 0.4) is 0 Å². The smallest absolute Gasteiger partial charge is 0.160 e. The van der Waals surface area contributed by atoms with Crippen LogP contribution in [0.15, 0.2) is 42.6 Å². The first-order chi connectivity index (χ1) is 10.1. The summed E-state index contributed by atoms with van der Waals surface area (Å²) in [5.41, 5.74) is 1.36. The van der Waals surface area contributed by atoms with Crippen LogP contribution in [0, 0.1) is 5.82 Å². The first kappa shape index (κ1) is 14.0. The van der Waals surface area contributed by atoms with Gasteiger partial charge in [0.05, 0.1) is 6.04 Å². The van der Waals surface area contributed by atoms with E-state index in [0.29, 0.717) is 17.1 Å². The van der Waals surface area contributed by atoms with Crippen molar-refractivity contribution in [3.63, 3.8) is 0 Å². The zero-order valence-corrected chi connectivity index (χ0v) is 12.2. The summed E-state index contributed by atoms with van der Waals surface area (Å²) in [6.45, 7) is 2.36. The number of benzene rings is 1. The van der Waals surface area contributed by atoms with Gasteiger partial charge in [0.2, 0.25) is 0 Å². The third kappa shape index (κ3) is 2.89. The highest BCUT2D eigenvalue weighted by Crippen LogP contribution is 2.16. The number of fused-ring (bicyclic) bond motifs is 1. The van der Waals surface area contributed by atoms with E-state index in [0.717, 1.165) is 11.5 Å². The molecule has 2 aromatic heterocycles. The van der Waals surface area contributed by atoms with Gasteiger partial charge < -0.3 is 5.32 Å². The zero-order chi connectivity index (χ0) is 14.8. The SMILES string of the molecule is CC(NCc1ccc(Cl)cc1F)c1nnc2ccccn12. The van der Waals surface area contributed by atoms with Crippen LogP contribution in [-0.4, -0.2) is 14.6 Å². The number of pyridine rings is 1. The Kier molecular flexibility index (Phi) is 3.86. The van der Waals surface area contributed by atoms with Gasteiger partial charge in [-0.15, -0.1) is 10.2 Å². The molecule has 6 heteroatoms. The minimum atomic E-state index is -0.312. The maximum atomic E-state index is 13.7. The van der Waals surface area contributed by atoms with E-state index >= 15 is 0 Å². The molecule has 0 aliphatic carbocycles. The molecular formula is C15H14ClFN4. The fourth-order valence-electron chi connectivity index (χ4n) is 2.17. The molecule has 0 fully saturated rings. The molecule has 4 nitrogen and oxygen atoms in total. The molecule has 1 aromatic carbocycles. The molecule has 3 aromatic rings. The molecule has 108 valence electrons. The highest BCUT2D eigenvalue weighted by molar-refractivity contribution is 6.30. The van der Waals surface area contributed by atoms with Crippen LogP contribution in [0.4, 0.5) is 4.39 Å². The maximum absolute atomic E-state index is 13.7. The molecule has 3 rings (SSSR count). The molecule has 0 spiro atoms. The first-order valence-electron chi connectivity index (χ1n) is 6.62. The lowest BCUT2D eigenvalue weighted by Crippen LogP contribution is -2.21. The summed E-state index contributed by atoms with van der Waals surface area (Å²) in [6, 6.07) is 10.3. The number of hydrogen-bond donors (Lipinski definition) is 1. The van der Waals surface area contributed by atoms with Crippen LogP contribution < -0.4 is 5.32 Å². The zero-order valence-electron chi connectivity index (χ0n) is 11.4. The van der Waals surface area contributed by atoms with E-state index in [-0.39, 0.29) is 11.9 Å². The van der Waals surface area contributed by atoms with Gasteiger partial charge in [0.25, 0.3) is 0 Å². The average molecular weight is 305 g/mol. The molecule has 0 saturated heterocycles. The molecule has 0 bridgehead atoms. The number of nitrogens with zero attached hydrogens (tertiary/aromatic N) is 3. The van der Waals surface area contributed by atoms with Gasteiger partial charge in [0.15, 0.2) is 11.5 Å². The molecule has 1 unspecified atom stereocenters. The molecular weight excluding hydrogens is 291 g/mol. The van der Waals surface area contributed by atoms with Gasteiger partial charge in [0, 0.05) is 23.3 Å². The van der Waals surface area contributed by atoms with Gasteiger partial charge in [-0.2, -0.15) is 0 Å². The van der Waals surface area contributed by atoms with E-state index < -0.39 is 0 Å². The van der Waals surface area contributed by atoms with Gasteiger partial charge in [-0.25, -0.2) is 4.39 Å². The van der Waals surface area contributed by atoms with Crippen molar-refractivity contribution in [2.24, 2.45) is 0 Å². The monoisotopic (exact) mass is 304 g/mol. The molecule has 0 radical (unpaired) electrons. The molecule has 0 saturated carbocycles. The molecule has 2 heterocycles. The van der Waals surface area contributed by atoms with E-state index in [9.17, 15) is 4.39 Å². The Balaban J connectivity index is 1.76. The van der Waals surface area contributed by atoms with Crippen LogP contribution in [0.2, 0.25) is 5.02 Å². The van der Waals surface area contributed by atoms with Crippen LogP contribution >= 0.6 is 11.6 Å². The Morgan fingerprint density at radius 1 is 1.29 bits per heavy atom. The quantitative estimate of drug-likeness (QED) is 0.803. The van der Waals surface area contributed by atoms with Crippen molar-refractivity contribution in [1.29, 1.82) is 0 Å². The summed E-state index contributed by atoms with van der Waals surface area (Å²) in [4.78, 5) is 0. The standard InChI is InChI=1S/C15H14ClFN4/c1-10(15-20-19-14-4-2-3-7-21(14)15)18-9-11-5-6-12(16)8-13(11)17/h2-8,10,18H,9H2,1H3. The molecule has 0 amide bonds. The van der Waals surface area contributed by atoms with Gasteiger partial charge >= 0.3 is 0 Å². The minimum absolute atomic E-state index is 0.0579. The predicted octanol–water partition coefficient (Wildman–Crippen LogP) is 3.37. The summed E-state index contributed by atoms with van der Waals surface area (Å²) >= 11 is 5.74.